The second kappa shape index (κ2) is 11.6. The van der Waals surface area contributed by atoms with Gasteiger partial charge >= 0.3 is 0 Å². The van der Waals surface area contributed by atoms with Gasteiger partial charge in [0.1, 0.15) is 0 Å². The van der Waals surface area contributed by atoms with Crippen molar-refractivity contribution in [1.82, 2.24) is 5.32 Å². The number of ether oxygens (including phenoxy) is 2. The third-order valence-electron chi connectivity index (χ3n) is 2.98. The molecule has 6 heteroatoms. The van der Waals surface area contributed by atoms with Crippen LogP contribution in [0.15, 0.2) is 0 Å². The van der Waals surface area contributed by atoms with E-state index in [-0.39, 0.29) is 12.1 Å². The van der Waals surface area contributed by atoms with E-state index >= 15 is 0 Å². The average Bonchev–Trinajstić information content (AvgIpc) is 2.34. The molecule has 3 atom stereocenters. The number of rotatable bonds is 13. The summed E-state index contributed by atoms with van der Waals surface area (Å²) in [6.45, 7) is 13.9. The number of aliphatic hydroxyl groups is 1. The molecular formula is C15H36N2O3Si. The van der Waals surface area contributed by atoms with Gasteiger partial charge in [0.2, 0.25) is 0 Å². The minimum atomic E-state index is -0.963. The summed E-state index contributed by atoms with van der Waals surface area (Å²) in [6.07, 6.45) is 0.630. The minimum absolute atomic E-state index is 0.0624. The van der Waals surface area contributed by atoms with Crippen molar-refractivity contribution in [2.75, 3.05) is 33.0 Å². The third kappa shape index (κ3) is 16.2. The molecule has 21 heavy (non-hydrogen) atoms. The molecule has 0 aromatic heterocycles. The summed E-state index contributed by atoms with van der Waals surface area (Å²) in [4.78, 5) is 0. The zero-order valence-electron chi connectivity index (χ0n) is 14.5. The highest BCUT2D eigenvalue weighted by Crippen LogP contribution is 2.10. The van der Waals surface area contributed by atoms with Crippen LogP contribution in [0.1, 0.15) is 20.3 Å². The zero-order valence-corrected chi connectivity index (χ0v) is 15.5. The molecule has 0 aliphatic carbocycles. The van der Waals surface area contributed by atoms with Gasteiger partial charge in [-0.3, -0.25) is 0 Å². The SMILES string of the molecule is CC(N)COCC(C)NCC(O)COCCC[Si](C)(C)C. The molecule has 0 amide bonds. The lowest BCUT2D eigenvalue weighted by atomic mass is 10.3. The summed E-state index contributed by atoms with van der Waals surface area (Å²) in [7, 11) is -0.963. The summed E-state index contributed by atoms with van der Waals surface area (Å²) in [6, 6.07) is 1.53. The summed E-state index contributed by atoms with van der Waals surface area (Å²) in [5.74, 6) is 0. The minimum Gasteiger partial charge on any atom is -0.389 e. The first-order chi connectivity index (χ1) is 9.70. The molecule has 128 valence electrons. The first-order valence-electron chi connectivity index (χ1n) is 8.03. The van der Waals surface area contributed by atoms with Gasteiger partial charge in [-0.15, -0.1) is 0 Å². The van der Waals surface area contributed by atoms with E-state index in [9.17, 15) is 5.11 Å². The smallest absolute Gasteiger partial charge is 0.0897 e. The lowest BCUT2D eigenvalue weighted by Crippen LogP contribution is -2.39. The van der Waals surface area contributed by atoms with Crippen LogP contribution < -0.4 is 11.1 Å². The zero-order chi connectivity index (χ0) is 16.3. The molecule has 0 heterocycles. The lowest BCUT2D eigenvalue weighted by molar-refractivity contribution is 0.0330. The Morgan fingerprint density at radius 2 is 1.76 bits per heavy atom. The monoisotopic (exact) mass is 320 g/mol. The molecular weight excluding hydrogens is 284 g/mol. The largest absolute Gasteiger partial charge is 0.389 e. The number of nitrogens with one attached hydrogen (secondary N) is 1. The molecule has 0 aliphatic heterocycles. The molecule has 3 unspecified atom stereocenters. The standard InChI is InChI=1S/C15H36N2O3Si/c1-13(16)10-20-11-14(2)17-9-15(18)12-19-7-6-8-21(3,4)5/h13-15,17-18H,6-12,16H2,1-5H3. The van der Waals surface area contributed by atoms with Gasteiger partial charge in [0.25, 0.3) is 0 Å². The molecule has 0 saturated heterocycles. The highest BCUT2D eigenvalue weighted by atomic mass is 28.3. The van der Waals surface area contributed by atoms with Gasteiger partial charge in [-0.1, -0.05) is 25.7 Å². The van der Waals surface area contributed by atoms with Crippen LogP contribution in [0.4, 0.5) is 0 Å². The van der Waals surface area contributed by atoms with E-state index in [0.29, 0.717) is 26.4 Å². The van der Waals surface area contributed by atoms with Crippen molar-refractivity contribution in [3.05, 3.63) is 0 Å². The molecule has 0 rings (SSSR count). The van der Waals surface area contributed by atoms with Crippen LogP contribution in [-0.4, -0.2) is 64.3 Å². The Kier molecular flexibility index (Phi) is 11.6. The predicted octanol–water partition coefficient (Wildman–Crippen LogP) is 1.43. The van der Waals surface area contributed by atoms with Crippen molar-refractivity contribution in [3.63, 3.8) is 0 Å². The number of aliphatic hydroxyl groups excluding tert-OH is 1. The molecule has 5 nitrogen and oxygen atoms in total. The Morgan fingerprint density at radius 3 is 2.33 bits per heavy atom. The molecule has 0 aromatic carbocycles. The Labute approximate surface area is 131 Å². The molecule has 0 aliphatic rings. The fourth-order valence-electron chi connectivity index (χ4n) is 1.81. The maximum atomic E-state index is 9.83. The molecule has 0 bridgehead atoms. The quantitative estimate of drug-likeness (QED) is 0.353. The molecule has 0 radical (unpaired) electrons. The summed E-state index contributed by atoms with van der Waals surface area (Å²) in [5.41, 5.74) is 5.61. The van der Waals surface area contributed by atoms with E-state index in [4.69, 9.17) is 15.2 Å². The van der Waals surface area contributed by atoms with Crippen LogP contribution in [0.5, 0.6) is 0 Å². The molecule has 0 aromatic rings. The van der Waals surface area contributed by atoms with Gasteiger partial charge in [-0.25, -0.2) is 0 Å². The second-order valence-electron chi connectivity index (χ2n) is 7.22. The Balaban J connectivity index is 3.46. The van der Waals surface area contributed by atoms with E-state index in [1.807, 2.05) is 13.8 Å². The number of hydrogen-bond acceptors (Lipinski definition) is 5. The van der Waals surface area contributed by atoms with Crippen molar-refractivity contribution in [3.8, 4) is 0 Å². The van der Waals surface area contributed by atoms with E-state index in [1.54, 1.807) is 0 Å². The summed E-state index contributed by atoms with van der Waals surface area (Å²) < 4.78 is 11.0. The Bertz CT molecular complexity index is 248. The molecule has 4 N–H and O–H groups in total. The van der Waals surface area contributed by atoms with Crippen molar-refractivity contribution >= 4 is 8.07 Å². The summed E-state index contributed by atoms with van der Waals surface area (Å²) >= 11 is 0. The van der Waals surface area contributed by atoms with Crippen molar-refractivity contribution < 1.29 is 14.6 Å². The fraction of sp³-hybridized carbons (Fsp3) is 1.00. The third-order valence-corrected chi connectivity index (χ3v) is 4.83. The maximum Gasteiger partial charge on any atom is 0.0897 e. The van der Waals surface area contributed by atoms with Crippen LogP contribution in [0, 0.1) is 0 Å². The van der Waals surface area contributed by atoms with E-state index in [1.165, 1.54) is 6.04 Å². The van der Waals surface area contributed by atoms with E-state index in [2.05, 4.69) is 25.0 Å². The van der Waals surface area contributed by atoms with Gasteiger partial charge in [-0.2, -0.15) is 0 Å². The fourth-order valence-corrected chi connectivity index (χ4v) is 3.01. The average molecular weight is 321 g/mol. The molecule has 0 fully saturated rings. The lowest BCUT2D eigenvalue weighted by Gasteiger charge is -2.18. The van der Waals surface area contributed by atoms with Crippen molar-refractivity contribution in [1.29, 1.82) is 0 Å². The van der Waals surface area contributed by atoms with Gasteiger partial charge in [0.05, 0.1) is 25.9 Å². The first kappa shape index (κ1) is 21.0. The normalized spacial score (nSPS) is 16.7. The van der Waals surface area contributed by atoms with E-state index < -0.39 is 14.2 Å². The molecule has 0 saturated carbocycles. The topological polar surface area (TPSA) is 76.7 Å². The predicted molar refractivity (Wildman–Crippen MR) is 91.5 cm³/mol. The van der Waals surface area contributed by atoms with E-state index in [0.717, 1.165) is 13.0 Å². The molecule has 0 spiro atoms. The van der Waals surface area contributed by atoms with Crippen LogP contribution in [-0.2, 0) is 9.47 Å². The Morgan fingerprint density at radius 1 is 1.10 bits per heavy atom. The highest BCUT2D eigenvalue weighted by molar-refractivity contribution is 6.76. The summed E-state index contributed by atoms with van der Waals surface area (Å²) in [5, 5.41) is 13.1. The Hall–Kier alpha value is 0.0169. The highest BCUT2D eigenvalue weighted by Gasteiger charge is 2.12. The van der Waals surface area contributed by atoms with Gasteiger partial charge < -0.3 is 25.6 Å². The van der Waals surface area contributed by atoms with Crippen LogP contribution in [0.25, 0.3) is 0 Å². The van der Waals surface area contributed by atoms with Crippen LogP contribution in [0.2, 0.25) is 25.7 Å². The number of hydrogen-bond donors (Lipinski definition) is 3. The maximum absolute atomic E-state index is 9.83. The second-order valence-corrected chi connectivity index (χ2v) is 12.8. The number of nitrogens with two attached hydrogens (primary N) is 1. The van der Waals surface area contributed by atoms with Gasteiger partial charge in [0.15, 0.2) is 0 Å². The van der Waals surface area contributed by atoms with Gasteiger partial charge in [-0.05, 0) is 20.3 Å². The van der Waals surface area contributed by atoms with Crippen molar-refractivity contribution in [2.45, 2.75) is 64.1 Å². The first-order valence-corrected chi connectivity index (χ1v) is 11.7. The van der Waals surface area contributed by atoms with Crippen molar-refractivity contribution in [2.24, 2.45) is 5.73 Å². The van der Waals surface area contributed by atoms with Crippen LogP contribution >= 0.6 is 0 Å². The van der Waals surface area contributed by atoms with Crippen LogP contribution in [0.3, 0.4) is 0 Å². The van der Waals surface area contributed by atoms with Gasteiger partial charge in [0, 0.05) is 33.3 Å².